The number of nitrogens with two attached hydrogens (primary N) is 1. The maximum Gasteiger partial charge on any atom is 0.321 e. The van der Waals surface area contributed by atoms with E-state index in [2.05, 4.69) is 43.5 Å². The molecule has 1 atom stereocenters. The lowest BCUT2D eigenvalue weighted by Gasteiger charge is -2.19. The second-order valence-electron chi connectivity index (χ2n) is 5.78. The van der Waals surface area contributed by atoms with Gasteiger partial charge in [-0.2, -0.15) is 0 Å². The number of benzene rings is 1. The average Bonchev–Trinajstić information content (AvgIpc) is 2.48. The first kappa shape index (κ1) is 18.2. The topological polar surface area (TPSA) is 74.8 Å². The van der Waals surface area contributed by atoms with Crippen LogP contribution >= 0.6 is 0 Å². The normalized spacial score (nSPS) is 12.0. The molecule has 4 N–H and O–H groups in total. The van der Waals surface area contributed by atoms with Gasteiger partial charge >= 0.3 is 6.03 Å². The third kappa shape index (κ3) is 6.72. The van der Waals surface area contributed by atoms with Crippen molar-refractivity contribution in [2.24, 2.45) is 5.92 Å². The van der Waals surface area contributed by atoms with Gasteiger partial charge in [0.25, 0.3) is 5.91 Å². The van der Waals surface area contributed by atoms with Crippen LogP contribution in [0.3, 0.4) is 0 Å². The number of carbonyl (C=O) groups is 2. The molecule has 5 heteroatoms. The van der Waals surface area contributed by atoms with Gasteiger partial charge in [0.15, 0.2) is 6.54 Å². The predicted molar refractivity (Wildman–Crippen MR) is 87.3 cm³/mol. The number of rotatable bonds is 8. The van der Waals surface area contributed by atoms with Gasteiger partial charge in [-0.1, -0.05) is 57.5 Å². The zero-order valence-electron chi connectivity index (χ0n) is 13.8. The molecular formula is C17H28N3O2+. The number of hydrogen-bond donors (Lipinski definition) is 3. The Kier molecular flexibility index (Phi) is 8.22. The Morgan fingerprint density at radius 2 is 1.86 bits per heavy atom. The molecule has 1 aromatic carbocycles. The number of nitrogens with one attached hydrogen (secondary N) is 2. The van der Waals surface area contributed by atoms with Gasteiger partial charge in [-0.15, -0.1) is 0 Å². The smallest absolute Gasteiger partial charge is 0.321 e. The Labute approximate surface area is 132 Å². The fraction of sp³-hybridized carbons (Fsp3) is 0.529. The van der Waals surface area contributed by atoms with Crippen LogP contribution in [0.15, 0.2) is 30.3 Å². The van der Waals surface area contributed by atoms with Crippen molar-refractivity contribution in [2.45, 2.75) is 39.7 Å². The SMILES string of the molecule is CCCCNC(=O)NC(=O)C[NH2+][C@@H](c1ccccc1)C(C)C. The second-order valence-corrected chi connectivity index (χ2v) is 5.78. The number of urea groups is 1. The summed E-state index contributed by atoms with van der Waals surface area (Å²) in [6.45, 7) is 7.14. The van der Waals surface area contributed by atoms with E-state index in [0.29, 0.717) is 12.5 Å². The van der Waals surface area contributed by atoms with Gasteiger partial charge < -0.3 is 10.6 Å². The van der Waals surface area contributed by atoms with E-state index >= 15 is 0 Å². The monoisotopic (exact) mass is 306 g/mol. The quantitative estimate of drug-likeness (QED) is 0.638. The summed E-state index contributed by atoms with van der Waals surface area (Å²) in [6, 6.07) is 9.91. The largest absolute Gasteiger partial charge is 0.338 e. The molecule has 0 fully saturated rings. The summed E-state index contributed by atoms with van der Waals surface area (Å²) < 4.78 is 0. The van der Waals surface area contributed by atoms with E-state index in [4.69, 9.17) is 0 Å². The number of imide groups is 1. The Morgan fingerprint density at radius 1 is 1.18 bits per heavy atom. The molecule has 0 bridgehead atoms. The molecule has 122 valence electrons. The van der Waals surface area contributed by atoms with Crippen molar-refractivity contribution in [3.05, 3.63) is 35.9 Å². The third-order valence-corrected chi connectivity index (χ3v) is 3.53. The van der Waals surface area contributed by atoms with Crippen LogP contribution in [0, 0.1) is 5.92 Å². The number of hydrogen-bond acceptors (Lipinski definition) is 2. The van der Waals surface area contributed by atoms with Gasteiger partial charge in [0.1, 0.15) is 6.04 Å². The first-order valence-electron chi connectivity index (χ1n) is 8.00. The fourth-order valence-electron chi connectivity index (χ4n) is 2.30. The lowest BCUT2D eigenvalue weighted by atomic mass is 9.96. The molecule has 5 nitrogen and oxygen atoms in total. The Hall–Kier alpha value is -1.88. The maximum absolute atomic E-state index is 11.8. The van der Waals surface area contributed by atoms with Crippen molar-refractivity contribution in [2.75, 3.05) is 13.1 Å². The maximum atomic E-state index is 11.8. The molecule has 0 aliphatic rings. The van der Waals surface area contributed by atoms with E-state index in [9.17, 15) is 9.59 Å². The van der Waals surface area contributed by atoms with E-state index in [1.807, 2.05) is 23.5 Å². The zero-order valence-corrected chi connectivity index (χ0v) is 13.8. The summed E-state index contributed by atoms with van der Waals surface area (Å²) in [5, 5.41) is 7.02. The molecule has 0 aliphatic heterocycles. The van der Waals surface area contributed by atoms with E-state index in [-0.39, 0.29) is 18.5 Å². The highest BCUT2D eigenvalue weighted by Gasteiger charge is 2.20. The van der Waals surface area contributed by atoms with Crippen molar-refractivity contribution >= 4 is 11.9 Å². The average molecular weight is 306 g/mol. The van der Waals surface area contributed by atoms with Crippen molar-refractivity contribution in [1.82, 2.24) is 10.6 Å². The zero-order chi connectivity index (χ0) is 16.4. The molecule has 1 aromatic rings. The predicted octanol–water partition coefficient (Wildman–Crippen LogP) is 1.57. The van der Waals surface area contributed by atoms with Crippen molar-refractivity contribution in [1.29, 1.82) is 0 Å². The van der Waals surface area contributed by atoms with Crippen LogP contribution in [0.1, 0.15) is 45.2 Å². The number of quaternary nitrogens is 1. The summed E-state index contributed by atoms with van der Waals surface area (Å²) in [5.74, 6) is 0.129. The summed E-state index contributed by atoms with van der Waals surface area (Å²) in [6.07, 6.45) is 1.92. The second kappa shape index (κ2) is 9.95. The molecule has 0 aromatic heterocycles. The summed E-state index contributed by atoms with van der Waals surface area (Å²) in [5.41, 5.74) is 1.19. The molecule has 0 saturated carbocycles. The molecule has 22 heavy (non-hydrogen) atoms. The Balaban J connectivity index is 2.42. The Morgan fingerprint density at radius 3 is 2.45 bits per heavy atom. The minimum atomic E-state index is -0.410. The Bertz CT molecular complexity index is 460. The highest BCUT2D eigenvalue weighted by atomic mass is 16.2. The van der Waals surface area contributed by atoms with E-state index < -0.39 is 6.03 Å². The van der Waals surface area contributed by atoms with Gasteiger partial charge in [-0.25, -0.2) is 4.79 Å². The molecule has 0 saturated heterocycles. The van der Waals surface area contributed by atoms with Gasteiger partial charge in [-0.05, 0) is 6.42 Å². The van der Waals surface area contributed by atoms with Crippen LogP contribution in [0.4, 0.5) is 4.79 Å². The molecular weight excluding hydrogens is 278 g/mol. The molecule has 0 heterocycles. The molecule has 0 aliphatic carbocycles. The first-order chi connectivity index (χ1) is 10.5. The number of unbranched alkanes of at least 4 members (excludes halogenated alkanes) is 1. The van der Waals surface area contributed by atoms with Crippen LogP contribution in [-0.4, -0.2) is 25.0 Å². The lowest BCUT2D eigenvalue weighted by Crippen LogP contribution is -2.88. The molecule has 0 spiro atoms. The van der Waals surface area contributed by atoms with Gasteiger partial charge in [0.05, 0.1) is 0 Å². The summed E-state index contributed by atoms with van der Waals surface area (Å²) >= 11 is 0. The van der Waals surface area contributed by atoms with Gasteiger partial charge in [0, 0.05) is 18.0 Å². The van der Waals surface area contributed by atoms with Crippen molar-refractivity contribution in [3.63, 3.8) is 0 Å². The molecule has 0 radical (unpaired) electrons. The molecule has 0 unspecified atom stereocenters. The highest BCUT2D eigenvalue weighted by molar-refractivity contribution is 5.94. The van der Waals surface area contributed by atoms with Crippen molar-refractivity contribution in [3.8, 4) is 0 Å². The third-order valence-electron chi connectivity index (χ3n) is 3.53. The van der Waals surface area contributed by atoms with Gasteiger partial charge in [-0.3, -0.25) is 10.1 Å². The van der Waals surface area contributed by atoms with E-state index in [1.165, 1.54) is 5.56 Å². The van der Waals surface area contributed by atoms with Crippen LogP contribution in [0.2, 0.25) is 0 Å². The lowest BCUT2D eigenvalue weighted by molar-refractivity contribution is -0.692. The summed E-state index contributed by atoms with van der Waals surface area (Å²) in [7, 11) is 0. The number of carbonyl (C=O) groups excluding carboxylic acids is 2. The number of amides is 3. The minimum absolute atomic E-state index is 0.204. The van der Waals surface area contributed by atoms with Crippen LogP contribution in [0.5, 0.6) is 0 Å². The standard InChI is InChI=1S/C17H27N3O2/c1-4-5-11-18-17(22)20-15(21)12-19-16(13(2)3)14-9-7-6-8-10-14/h6-10,13,16,19H,4-5,11-12H2,1-3H3,(H2,18,20,21,22)/p+1/t16-/m1/s1. The fourth-order valence-corrected chi connectivity index (χ4v) is 2.30. The minimum Gasteiger partial charge on any atom is -0.338 e. The van der Waals surface area contributed by atoms with Gasteiger partial charge in [0.2, 0.25) is 0 Å². The van der Waals surface area contributed by atoms with E-state index in [0.717, 1.165) is 12.8 Å². The first-order valence-corrected chi connectivity index (χ1v) is 8.00. The van der Waals surface area contributed by atoms with Crippen LogP contribution in [-0.2, 0) is 4.79 Å². The summed E-state index contributed by atoms with van der Waals surface area (Å²) in [4.78, 5) is 23.4. The molecule has 3 amide bonds. The molecule has 1 rings (SSSR count). The van der Waals surface area contributed by atoms with Crippen LogP contribution < -0.4 is 16.0 Å². The van der Waals surface area contributed by atoms with Crippen LogP contribution in [0.25, 0.3) is 0 Å². The van der Waals surface area contributed by atoms with E-state index in [1.54, 1.807) is 0 Å². The highest BCUT2D eigenvalue weighted by Crippen LogP contribution is 2.16. The van der Waals surface area contributed by atoms with Crippen molar-refractivity contribution < 1.29 is 14.9 Å².